The van der Waals surface area contributed by atoms with Crippen molar-refractivity contribution in [2.75, 3.05) is 25.3 Å². The molecule has 5 rings (SSSR count). The fourth-order valence-electron chi connectivity index (χ4n) is 4.48. The predicted octanol–water partition coefficient (Wildman–Crippen LogP) is 4.13. The quantitative estimate of drug-likeness (QED) is 0.375. The zero-order valence-corrected chi connectivity index (χ0v) is 23.4. The smallest absolute Gasteiger partial charge is 0.270 e. The van der Waals surface area contributed by atoms with E-state index in [4.69, 9.17) is 14.5 Å². The van der Waals surface area contributed by atoms with Crippen molar-refractivity contribution in [2.24, 2.45) is 9.98 Å². The number of thioether (sulfide) groups is 1. The number of amides is 3. The van der Waals surface area contributed by atoms with E-state index < -0.39 is 6.04 Å². The summed E-state index contributed by atoms with van der Waals surface area (Å²) in [5, 5.41) is 6.25. The molecule has 0 saturated heterocycles. The molecule has 0 fully saturated rings. The fraction of sp³-hybridized carbons (Fsp3) is 0.233. The summed E-state index contributed by atoms with van der Waals surface area (Å²) in [6.07, 6.45) is 0.378. The van der Waals surface area contributed by atoms with Crippen molar-refractivity contribution < 1.29 is 23.9 Å². The number of nitrogens with zero attached hydrogens (tertiary/aromatic N) is 3. The van der Waals surface area contributed by atoms with E-state index in [-0.39, 0.29) is 36.3 Å². The molecule has 1 atom stereocenters. The molecule has 0 aromatic heterocycles. The van der Waals surface area contributed by atoms with Gasteiger partial charge in [0.05, 0.1) is 25.7 Å². The first-order valence-corrected chi connectivity index (χ1v) is 14.0. The monoisotopic (exact) mass is 571 g/mol. The Hall–Kier alpha value is -4.64. The second-order valence-electron chi connectivity index (χ2n) is 9.30. The number of ether oxygens (including phenoxy) is 2. The topological polar surface area (TPSA) is 122 Å². The van der Waals surface area contributed by atoms with Gasteiger partial charge >= 0.3 is 0 Å². The van der Waals surface area contributed by atoms with Crippen LogP contribution in [0, 0.1) is 0 Å². The van der Waals surface area contributed by atoms with E-state index in [1.807, 2.05) is 48.5 Å². The molecular formula is C30H29N5O5S. The molecule has 0 radical (unpaired) electrons. The van der Waals surface area contributed by atoms with Gasteiger partial charge in [0.2, 0.25) is 11.8 Å². The van der Waals surface area contributed by atoms with Crippen molar-refractivity contribution in [3.8, 4) is 11.5 Å². The van der Waals surface area contributed by atoms with E-state index in [2.05, 4.69) is 15.6 Å². The number of carbonyl (C=O) groups excluding carboxylic acids is 3. The summed E-state index contributed by atoms with van der Waals surface area (Å²) in [5.74, 6) is 1.26. The number of hydrogen-bond acceptors (Lipinski definition) is 8. The Balaban J connectivity index is 1.24. The van der Waals surface area contributed by atoms with Crippen LogP contribution in [-0.2, 0) is 20.9 Å². The van der Waals surface area contributed by atoms with Gasteiger partial charge in [0, 0.05) is 24.2 Å². The number of para-hydroxylation sites is 1. The van der Waals surface area contributed by atoms with E-state index in [9.17, 15) is 14.4 Å². The van der Waals surface area contributed by atoms with Gasteiger partial charge in [-0.15, -0.1) is 0 Å². The average Bonchev–Trinajstić information content (AvgIpc) is 3.34. The Bertz CT molecular complexity index is 1500. The summed E-state index contributed by atoms with van der Waals surface area (Å²) in [7, 11) is 3.18. The minimum atomic E-state index is -0.694. The Kier molecular flexibility index (Phi) is 8.64. The molecule has 0 saturated carbocycles. The molecule has 0 spiro atoms. The Morgan fingerprint density at radius 3 is 2.29 bits per heavy atom. The summed E-state index contributed by atoms with van der Waals surface area (Å²) >= 11 is 1.22. The maximum atomic E-state index is 13.1. The number of fused-ring (bicyclic) bond motifs is 3. The Morgan fingerprint density at radius 1 is 0.902 bits per heavy atom. The number of aliphatic imine (C=N–C) groups is 2. The number of anilines is 1. The van der Waals surface area contributed by atoms with Gasteiger partial charge in [-0.25, -0.2) is 4.99 Å². The highest BCUT2D eigenvalue weighted by Gasteiger charge is 2.41. The van der Waals surface area contributed by atoms with E-state index in [1.54, 1.807) is 43.4 Å². The van der Waals surface area contributed by atoms with Crippen LogP contribution in [0.5, 0.6) is 11.5 Å². The minimum Gasteiger partial charge on any atom is -0.497 e. The van der Waals surface area contributed by atoms with Gasteiger partial charge in [-0.05, 0) is 60.5 Å². The molecular weight excluding hydrogens is 542 g/mol. The third kappa shape index (κ3) is 6.58. The number of methoxy groups -OCH3 is 2. The number of hydrogen-bond donors (Lipinski definition) is 2. The number of benzene rings is 3. The molecule has 2 aliphatic rings. The number of rotatable bonds is 10. The van der Waals surface area contributed by atoms with E-state index in [0.29, 0.717) is 34.7 Å². The largest absolute Gasteiger partial charge is 0.497 e. The van der Waals surface area contributed by atoms with Crippen molar-refractivity contribution >= 4 is 51.9 Å². The van der Waals surface area contributed by atoms with Crippen LogP contribution < -0.4 is 20.1 Å². The normalized spacial score (nSPS) is 15.3. The summed E-state index contributed by atoms with van der Waals surface area (Å²) in [4.78, 5) is 49.3. The van der Waals surface area contributed by atoms with Crippen LogP contribution >= 0.6 is 11.8 Å². The zero-order chi connectivity index (χ0) is 28.8. The number of carbonyl (C=O) groups is 3. The highest BCUT2D eigenvalue weighted by Crippen LogP contribution is 2.35. The molecule has 2 aliphatic heterocycles. The molecule has 3 aromatic carbocycles. The molecule has 2 heterocycles. The lowest BCUT2D eigenvalue weighted by Crippen LogP contribution is -2.44. The summed E-state index contributed by atoms with van der Waals surface area (Å²) in [6.45, 7) is 0.367. The molecule has 0 aliphatic carbocycles. The molecule has 3 amide bonds. The lowest BCUT2D eigenvalue weighted by molar-refractivity contribution is -0.122. The maximum absolute atomic E-state index is 13.1. The number of amidine groups is 2. The van der Waals surface area contributed by atoms with Crippen molar-refractivity contribution in [2.45, 2.75) is 25.4 Å². The standard InChI is InChI=1S/C30H29N5O5S/c1-39-21-11-7-19(8-12-21)17-31-26(36)16-15-25-29(38)34-28-23-5-3-4-6-24(23)33-30(35(25)28)41-18-27(37)32-20-9-13-22(40-2)14-10-20/h3-14,25H,15-18H2,1-2H3,(H,31,36)(H,32,37). The molecule has 2 N–H and O–H groups in total. The molecule has 210 valence electrons. The molecule has 3 aromatic rings. The maximum Gasteiger partial charge on any atom is 0.270 e. The SMILES string of the molecule is COc1ccc(CNC(=O)CCC2C(=O)N=C3c4ccccc4N=C(SCC(=O)Nc4ccc(OC)cc4)N32)cc1. The van der Waals surface area contributed by atoms with Crippen LogP contribution in [0.25, 0.3) is 0 Å². The first-order valence-electron chi connectivity index (χ1n) is 13.0. The van der Waals surface area contributed by atoms with Crippen LogP contribution in [0.2, 0.25) is 0 Å². The fourth-order valence-corrected chi connectivity index (χ4v) is 5.33. The second-order valence-corrected chi connectivity index (χ2v) is 10.2. The van der Waals surface area contributed by atoms with Gasteiger partial charge in [-0.2, -0.15) is 4.99 Å². The number of nitrogens with one attached hydrogen (secondary N) is 2. The molecule has 11 heteroatoms. The van der Waals surface area contributed by atoms with Crippen molar-refractivity contribution in [1.29, 1.82) is 0 Å². The van der Waals surface area contributed by atoms with Crippen molar-refractivity contribution in [3.05, 3.63) is 83.9 Å². The summed E-state index contributed by atoms with van der Waals surface area (Å²) in [6, 6.07) is 21.2. The molecule has 1 unspecified atom stereocenters. The Morgan fingerprint density at radius 2 is 1.59 bits per heavy atom. The second kappa shape index (κ2) is 12.7. The van der Waals surface area contributed by atoms with Gasteiger partial charge in [-0.1, -0.05) is 36.0 Å². The highest BCUT2D eigenvalue weighted by atomic mass is 32.2. The van der Waals surface area contributed by atoms with Crippen molar-refractivity contribution in [1.82, 2.24) is 10.2 Å². The lowest BCUT2D eigenvalue weighted by atomic mass is 10.1. The first kappa shape index (κ1) is 27.9. The summed E-state index contributed by atoms with van der Waals surface area (Å²) in [5.41, 5.74) is 2.99. The van der Waals surface area contributed by atoms with Crippen molar-refractivity contribution in [3.63, 3.8) is 0 Å². The van der Waals surface area contributed by atoms with E-state index in [0.717, 1.165) is 16.9 Å². The summed E-state index contributed by atoms with van der Waals surface area (Å²) < 4.78 is 10.3. The lowest BCUT2D eigenvalue weighted by Gasteiger charge is -2.31. The minimum absolute atomic E-state index is 0.0695. The first-order chi connectivity index (χ1) is 19.9. The van der Waals surface area contributed by atoms with Gasteiger partial charge in [0.15, 0.2) is 5.17 Å². The van der Waals surface area contributed by atoms with Gasteiger partial charge in [-0.3, -0.25) is 19.3 Å². The van der Waals surface area contributed by atoms with E-state index >= 15 is 0 Å². The predicted molar refractivity (Wildman–Crippen MR) is 159 cm³/mol. The van der Waals surface area contributed by atoms with Crippen LogP contribution in [0.4, 0.5) is 11.4 Å². The molecule has 0 bridgehead atoms. The van der Waals surface area contributed by atoms with Gasteiger partial charge in [0.1, 0.15) is 23.4 Å². The van der Waals surface area contributed by atoms with E-state index in [1.165, 1.54) is 11.8 Å². The van der Waals surface area contributed by atoms with Crippen LogP contribution in [0.3, 0.4) is 0 Å². The average molecular weight is 572 g/mol. The molecule has 41 heavy (non-hydrogen) atoms. The van der Waals surface area contributed by atoms with Crippen LogP contribution in [0.1, 0.15) is 24.0 Å². The van der Waals surface area contributed by atoms with Gasteiger partial charge < -0.3 is 20.1 Å². The highest BCUT2D eigenvalue weighted by molar-refractivity contribution is 8.14. The third-order valence-electron chi connectivity index (χ3n) is 6.61. The zero-order valence-electron chi connectivity index (χ0n) is 22.6. The van der Waals surface area contributed by atoms with Crippen LogP contribution in [0.15, 0.2) is 82.8 Å². The third-order valence-corrected chi connectivity index (χ3v) is 7.56. The van der Waals surface area contributed by atoms with Gasteiger partial charge in [0.25, 0.3) is 5.91 Å². The molecule has 10 nitrogen and oxygen atoms in total. The van der Waals surface area contributed by atoms with Crippen LogP contribution in [-0.4, -0.2) is 59.6 Å². The Labute approximate surface area is 241 Å².